The summed E-state index contributed by atoms with van der Waals surface area (Å²) in [5, 5.41) is 11.4. The normalized spacial score (nSPS) is 15.2. The number of hydrogen-bond donors (Lipinski definition) is 0. The lowest BCUT2D eigenvalue weighted by Crippen LogP contribution is -2.37. The Morgan fingerprint density at radius 3 is 2.72 bits per heavy atom. The van der Waals surface area contributed by atoms with Crippen LogP contribution in [0, 0.1) is 12.1 Å². The van der Waals surface area contributed by atoms with Gasteiger partial charge in [-0.25, -0.2) is 0 Å². The third-order valence-corrected chi connectivity index (χ3v) is 4.52. The molecule has 0 N–H and O–H groups in total. The standard InChI is InChI=1S/C19H21N3O3/c1-15-5-2-3-6-16(15)13-21-12-11-20(10-8-18(21)23)19(24)17-7-4-9-22(25)14-17/h2-7,9,14H,8,10-13H2,1H3. The van der Waals surface area contributed by atoms with Crippen LogP contribution in [0.25, 0.3) is 0 Å². The van der Waals surface area contributed by atoms with Crippen molar-refractivity contribution in [3.8, 4) is 0 Å². The average molecular weight is 339 g/mol. The van der Waals surface area contributed by atoms with Gasteiger partial charge in [-0.2, -0.15) is 4.73 Å². The third-order valence-electron chi connectivity index (χ3n) is 4.52. The first kappa shape index (κ1) is 17.0. The van der Waals surface area contributed by atoms with E-state index in [0.29, 0.717) is 42.9 Å². The van der Waals surface area contributed by atoms with Crippen LogP contribution in [0.5, 0.6) is 0 Å². The fourth-order valence-corrected chi connectivity index (χ4v) is 2.99. The lowest BCUT2D eigenvalue weighted by molar-refractivity contribution is -0.605. The van der Waals surface area contributed by atoms with Crippen molar-refractivity contribution in [2.24, 2.45) is 0 Å². The smallest absolute Gasteiger partial charge is 0.260 e. The van der Waals surface area contributed by atoms with Crippen molar-refractivity contribution in [1.29, 1.82) is 0 Å². The van der Waals surface area contributed by atoms with Crippen LogP contribution in [0.1, 0.15) is 27.9 Å². The number of nitrogens with zero attached hydrogens (tertiary/aromatic N) is 3. The van der Waals surface area contributed by atoms with Crippen molar-refractivity contribution in [1.82, 2.24) is 9.80 Å². The zero-order valence-electron chi connectivity index (χ0n) is 14.2. The monoisotopic (exact) mass is 339 g/mol. The van der Waals surface area contributed by atoms with Gasteiger partial charge in [0.05, 0.1) is 0 Å². The summed E-state index contributed by atoms with van der Waals surface area (Å²) >= 11 is 0. The zero-order chi connectivity index (χ0) is 17.8. The van der Waals surface area contributed by atoms with Gasteiger partial charge in [-0.15, -0.1) is 0 Å². The minimum Gasteiger partial charge on any atom is -0.619 e. The number of rotatable bonds is 3. The minimum atomic E-state index is -0.212. The van der Waals surface area contributed by atoms with Crippen LogP contribution in [-0.2, 0) is 11.3 Å². The van der Waals surface area contributed by atoms with E-state index in [9.17, 15) is 14.8 Å². The molecule has 0 saturated carbocycles. The third kappa shape index (κ3) is 3.96. The van der Waals surface area contributed by atoms with Gasteiger partial charge in [0, 0.05) is 38.7 Å². The van der Waals surface area contributed by atoms with Crippen molar-refractivity contribution in [2.45, 2.75) is 19.9 Å². The first-order valence-corrected chi connectivity index (χ1v) is 8.35. The van der Waals surface area contributed by atoms with Crippen LogP contribution in [0.4, 0.5) is 0 Å². The van der Waals surface area contributed by atoms with Gasteiger partial charge in [0.25, 0.3) is 5.91 Å². The molecule has 0 bridgehead atoms. The highest BCUT2D eigenvalue weighted by Gasteiger charge is 2.25. The summed E-state index contributed by atoms with van der Waals surface area (Å²) in [5.74, 6) is -0.166. The summed E-state index contributed by atoms with van der Waals surface area (Å²) in [4.78, 5) is 28.4. The van der Waals surface area contributed by atoms with Crippen LogP contribution in [0.15, 0.2) is 48.8 Å². The predicted molar refractivity (Wildman–Crippen MR) is 92.5 cm³/mol. The first-order chi connectivity index (χ1) is 12.0. The number of amides is 2. The SMILES string of the molecule is Cc1ccccc1CN1CCN(C(=O)c2ccc[n+]([O-])c2)CCC1=O. The highest BCUT2D eigenvalue weighted by atomic mass is 16.5. The topological polar surface area (TPSA) is 67.6 Å². The number of aromatic nitrogens is 1. The molecular formula is C19H21N3O3. The van der Waals surface area contributed by atoms with Gasteiger partial charge in [-0.3, -0.25) is 9.59 Å². The van der Waals surface area contributed by atoms with Crippen molar-refractivity contribution in [2.75, 3.05) is 19.6 Å². The Morgan fingerprint density at radius 1 is 1.16 bits per heavy atom. The summed E-state index contributed by atoms with van der Waals surface area (Å²) in [6, 6.07) is 11.2. The molecule has 2 heterocycles. The summed E-state index contributed by atoms with van der Waals surface area (Å²) in [5.41, 5.74) is 2.61. The Balaban J connectivity index is 1.69. The largest absolute Gasteiger partial charge is 0.619 e. The van der Waals surface area contributed by atoms with E-state index in [1.54, 1.807) is 21.9 Å². The summed E-state index contributed by atoms with van der Waals surface area (Å²) in [6.45, 7) is 3.91. The van der Waals surface area contributed by atoms with Crippen LogP contribution in [0.2, 0.25) is 0 Å². The Kier molecular flexibility index (Phi) is 4.97. The minimum absolute atomic E-state index is 0.0468. The second-order valence-electron chi connectivity index (χ2n) is 6.24. The molecule has 6 nitrogen and oxygen atoms in total. The van der Waals surface area contributed by atoms with E-state index in [2.05, 4.69) is 0 Å². The molecule has 6 heteroatoms. The highest BCUT2D eigenvalue weighted by molar-refractivity contribution is 5.94. The molecule has 1 aromatic heterocycles. The Hall–Kier alpha value is -2.89. The van der Waals surface area contributed by atoms with E-state index in [1.165, 1.54) is 12.4 Å². The molecule has 1 saturated heterocycles. The lowest BCUT2D eigenvalue weighted by Gasteiger charge is -2.23. The molecule has 1 aromatic carbocycles. The van der Waals surface area contributed by atoms with Gasteiger partial charge in [-0.05, 0) is 24.1 Å². The molecule has 1 fully saturated rings. The Morgan fingerprint density at radius 2 is 1.96 bits per heavy atom. The van der Waals surface area contributed by atoms with Crippen molar-refractivity contribution >= 4 is 11.8 Å². The highest BCUT2D eigenvalue weighted by Crippen LogP contribution is 2.14. The lowest BCUT2D eigenvalue weighted by atomic mass is 10.1. The molecule has 25 heavy (non-hydrogen) atoms. The molecule has 1 aliphatic rings. The van der Waals surface area contributed by atoms with Gasteiger partial charge in [0.15, 0.2) is 12.4 Å². The van der Waals surface area contributed by atoms with Crippen LogP contribution in [0.3, 0.4) is 0 Å². The molecule has 3 rings (SSSR count). The number of hydrogen-bond acceptors (Lipinski definition) is 3. The quantitative estimate of drug-likeness (QED) is 0.629. The maximum atomic E-state index is 12.6. The molecule has 2 amide bonds. The maximum absolute atomic E-state index is 12.6. The number of benzene rings is 1. The van der Waals surface area contributed by atoms with Gasteiger partial charge < -0.3 is 15.0 Å². The zero-order valence-corrected chi connectivity index (χ0v) is 14.2. The maximum Gasteiger partial charge on any atom is 0.260 e. The van der Waals surface area contributed by atoms with E-state index < -0.39 is 0 Å². The van der Waals surface area contributed by atoms with Crippen LogP contribution < -0.4 is 4.73 Å². The molecule has 0 unspecified atom stereocenters. The van der Waals surface area contributed by atoms with Gasteiger partial charge in [0.1, 0.15) is 5.56 Å². The van der Waals surface area contributed by atoms with Crippen molar-refractivity contribution < 1.29 is 14.3 Å². The summed E-state index contributed by atoms with van der Waals surface area (Å²) < 4.78 is 0.612. The van der Waals surface area contributed by atoms with Crippen LogP contribution in [-0.4, -0.2) is 41.2 Å². The molecule has 0 radical (unpaired) electrons. The molecule has 1 aliphatic heterocycles. The Labute approximate surface area is 146 Å². The Bertz CT molecular complexity index is 791. The van der Waals surface area contributed by atoms with E-state index in [0.717, 1.165) is 11.1 Å². The molecule has 0 aliphatic carbocycles. The molecular weight excluding hydrogens is 318 g/mol. The fourth-order valence-electron chi connectivity index (χ4n) is 2.99. The number of aryl methyl sites for hydroxylation is 1. The van der Waals surface area contributed by atoms with E-state index >= 15 is 0 Å². The van der Waals surface area contributed by atoms with Crippen LogP contribution >= 0.6 is 0 Å². The van der Waals surface area contributed by atoms with Crippen molar-refractivity contribution in [3.63, 3.8) is 0 Å². The van der Waals surface area contributed by atoms with E-state index in [-0.39, 0.29) is 11.8 Å². The number of carbonyl (C=O) groups is 2. The van der Waals surface area contributed by atoms with E-state index in [4.69, 9.17) is 0 Å². The first-order valence-electron chi connectivity index (χ1n) is 8.35. The summed E-state index contributed by atoms with van der Waals surface area (Å²) in [7, 11) is 0. The second kappa shape index (κ2) is 7.34. The average Bonchev–Trinajstić information content (AvgIpc) is 2.79. The second-order valence-corrected chi connectivity index (χ2v) is 6.24. The van der Waals surface area contributed by atoms with Crippen molar-refractivity contribution in [3.05, 3.63) is 70.7 Å². The van der Waals surface area contributed by atoms with E-state index in [1.807, 2.05) is 31.2 Å². The molecule has 0 atom stereocenters. The number of pyridine rings is 1. The summed E-state index contributed by atoms with van der Waals surface area (Å²) in [6.07, 6.45) is 2.90. The fraction of sp³-hybridized carbons (Fsp3) is 0.316. The molecule has 0 spiro atoms. The molecule has 2 aromatic rings. The van der Waals surface area contributed by atoms with Gasteiger partial charge in [0.2, 0.25) is 5.91 Å². The van der Waals surface area contributed by atoms with Gasteiger partial charge in [-0.1, -0.05) is 24.3 Å². The number of carbonyl (C=O) groups excluding carboxylic acids is 2. The van der Waals surface area contributed by atoms with Gasteiger partial charge >= 0.3 is 0 Å². The molecule has 130 valence electrons. The predicted octanol–water partition coefficient (Wildman–Crippen LogP) is 1.50.